The first-order chi connectivity index (χ1) is 11.2. The van der Waals surface area contributed by atoms with Crippen LogP contribution in [0.2, 0.25) is 0 Å². The lowest BCUT2D eigenvalue weighted by Crippen LogP contribution is -2.40. The van der Waals surface area contributed by atoms with Gasteiger partial charge in [0.05, 0.1) is 0 Å². The van der Waals surface area contributed by atoms with E-state index in [9.17, 15) is 9.59 Å². The average molecular weight is 334 g/mol. The molecule has 134 valence electrons. The molecule has 0 unspecified atom stereocenters. The molecule has 0 aliphatic carbocycles. The molecule has 1 heterocycles. The Bertz CT molecular complexity index is 524. The number of amides is 2. The molecule has 6 nitrogen and oxygen atoms in total. The Kier molecular flexibility index (Phi) is 7.85. The van der Waals surface area contributed by atoms with Crippen molar-refractivity contribution >= 4 is 11.8 Å². The van der Waals surface area contributed by atoms with Crippen molar-refractivity contribution in [1.82, 2.24) is 20.1 Å². The quantitative estimate of drug-likeness (QED) is 0.783. The molecule has 1 aromatic rings. The summed E-state index contributed by atoms with van der Waals surface area (Å²) in [6.45, 7) is 7.91. The van der Waals surface area contributed by atoms with Crippen molar-refractivity contribution in [2.45, 2.75) is 33.7 Å². The second-order valence-corrected chi connectivity index (χ2v) is 7.24. The molecule has 0 saturated heterocycles. The van der Waals surface area contributed by atoms with Gasteiger partial charge < -0.3 is 15.1 Å². The summed E-state index contributed by atoms with van der Waals surface area (Å²) in [6, 6.07) is 3.83. The molecule has 0 aliphatic rings. The molecule has 0 aliphatic heterocycles. The number of nitrogens with zero attached hydrogens (tertiary/aromatic N) is 3. The van der Waals surface area contributed by atoms with Crippen molar-refractivity contribution in [1.29, 1.82) is 0 Å². The number of rotatable bonds is 8. The monoisotopic (exact) mass is 334 g/mol. The summed E-state index contributed by atoms with van der Waals surface area (Å²) in [5.74, 6) is -0.00249. The zero-order chi connectivity index (χ0) is 18.2. The molecule has 0 saturated carbocycles. The fourth-order valence-corrected chi connectivity index (χ4v) is 2.03. The van der Waals surface area contributed by atoms with Crippen LogP contribution in [0, 0.1) is 5.41 Å². The standard InChI is InChI=1S/C18H30N4O2/c1-18(2,3)17(24)20-10-8-16(23)22(12-11-21(4)5)14-15-7-6-9-19-13-15/h6-7,9,13H,8,10-12,14H2,1-5H3,(H,20,24). The fourth-order valence-electron chi connectivity index (χ4n) is 2.03. The van der Waals surface area contributed by atoms with Gasteiger partial charge in [-0.25, -0.2) is 0 Å². The number of carbonyl (C=O) groups excluding carboxylic acids is 2. The average Bonchev–Trinajstić information content (AvgIpc) is 2.51. The molecule has 2 amide bonds. The summed E-state index contributed by atoms with van der Waals surface area (Å²) in [5.41, 5.74) is 0.562. The van der Waals surface area contributed by atoms with Gasteiger partial charge in [0, 0.05) is 50.4 Å². The SMILES string of the molecule is CN(C)CCN(Cc1cccnc1)C(=O)CCNC(=O)C(C)(C)C. The Morgan fingerprint density at radius 2 is 1.92 bits per heavy atom. The number of hydrogen-bond acceptors (Lipinski definition) is 4. The van der Waals surface area contributed by atoms with E-state index in [4.69, 9.17) is 0 Å². The molecule has 1 aromatic heterocycles. The molecule has 0 spiro atoms. The maximum Gasteiger partial charge on any atom is 0.225 e. The highest BCUT2D eigenvalue weighted by molar-refractivity contribution is 5.82. The van der Waals surface area contributed by atoms with Gasteiger partial charge in [-0.15, -0.1) is 0 Å². The van der Waals surface area contributed by atoms with Gasteiger partial charge in [-0.1, -0.05) is 26.8 Å². The van der Waals surface area contributed by atoms with E-state index >= 15 is 0 Å². The molecule has 1 N–H and O–H groups in total. The van der Waals surface area contributed by atoms with Crippen molar-refractivity contribution < 1.29 is 9.59 Å². The Morgan fingerprint density at radius 3 is 2.46 bits per heavy atom. The summed E-state index contributed by atoms with van der Waals surface area (Å²) in [7, 11) is 3.96. The van der Waals surface area contributed by atoms with Gasteiger partial charge in [0.2, 0.25) is 11.8 Å². The lowest BCUT2D eigenvalue weighted by molar-refractivity contribution is -0.132. The van der Waals surface area contributed by atoms with Crippen molar-refractivity contribution in [3.8, 4) is 0 Å². The van der Waals surface area contributed by atoms with Crippen LogP contribution in [-0.4, -0.2) is 60.3 Å². The smallest absolute Gasteiger partial charge is 0.225 e. The maximum absolute atomic E-state index is 12.5. The number of aromatic nitrogens is 1. The van der Waals surface area contributed by atoms with E-state index in [0.29, 0.717) is 26.1 Å². The van der Waals surface area contributed by atoms with Crippen LogP contribution in [0.3, 0.4) is 0 Å². The molecule has 0 radical (unpaired) electrons. The largest absolute Gasteiger partial charge is 0.355 e. The van der Waals surface area contributed by atoms with Gasteiger partial charge in [0.15, 0.2) is 0 Å². The molecule has 0 atom stereocenters. The lowest BCUT2D eigenvalue weighted by atomic mass is 9.96. The number of likely N-dealkylation sites (N-methyl/N-ethyl adjacent to an activating group) is 1. The van der Waals surface area contributed by atoms with E-state index in [1.54, 1.807) is 12.4 Å². The molecule has 24 heavy (non-hydrogen) atoms. The first kappa shape index (κ1) is 20.1. The highest BCUT2D eigenvalue weighted by Gasteiger charge is 2.21. The molecule has 0 aromatic carbocycles. The van der Waals surface area contributed by atoms with E-state index in [1.165, 1.54) is 0 Å². The lowest BCUT2D eigenvalue weighted by Gasteiger charge is -2.25. The second kappa shape index (κ2) is 9.37. The maximum atomic E-state index is 12.5. The topological polar surface area (TPSA) is 65.5 Å². The van der Waals surface area contributed by atoms with Gasteiger partial charge >= 0.3 is 0 Å². The molecule has 1 rings (SSSR count). The van der Waals surface area contributed by atoms with E-state index in [-0.39, 0.29) is 11.8 Å². The van der Waals surface area contributed by atoms with Crippen molar-refractivity contribution in [3.05, 3.63) is 30.1 Å². The zero-order valence-electron chi connectivity index (χ0n) is 15.5. The Labute approximate surface area is 145 Å². The normalized spacial score (nSPS) is 11.4. The highest BCUT2D eigenvalue weighted by Crippen LogP contribution is 2.12. The summed E-state index contributed by atoms with van der Waals surface area (Å²) >= 11 is 0. The van der Waals surface area contributed by atoms with Crippen LogP contribution in [0.1, 0.15) is 32.8 Å². The van der Waals surface area contributed by atoms with Gasteiger partial charge in [-0.2, -0.15) is 0 Å². The van der Waals surface area contributed by atoms with Crippen LogP contribution in [0.25, 0.3) is 0 Å². The number of carbonyl (C=O) groups is 2. The third-order valence-electron chi connectivity index (χ3n) is 3.57. The second-order valence-electron chi connectivity index (χ2n) is 7.24. The van der Waals surface area contributed by atoms with E-state index in [0.717, 1.165) is 12.1 Å². The summed E-state index contributed by atoms with van der Waals surface area (Å²) in [4.78, 5) is 32.4. The number of hydrogen-bond donors (Lipinski definition) is 1. The van der Waals surface area contributed by atoms with Gasteiger partial charge in [-0.05, 0) is 25.7 Å². The Morgan fingerprint density at radius 1 is 1.21 bits per heavy atom. The van der Waals surface area contributed by atoms with Gasteiger partial charge in [0.1, 0.15) is 0 Å². The first-order valence-corrected chi connectivity index (χ1v) is 8.30. The summed E-state index contributed by atoms with van der Waals surface area (Å²) in [5, 5.41) is 2.83. The number of nitrogens with one attached hydrogen (secondary N) is 1. The molecule has 0 fully saturated rings. The van der Waals surface area contributed by atoms with E-state index in [2.05, 4.69) is 10.3 Å². The predicted molar refractivity (Wildman–Crippen MR) is 95.3 cm³/mol. The third-order valence-corrected chi connectivity index (χ3v) is 3.57. The Hall–Kier alpha value is -1.95. The molecule has 0 bridgehead atoms. The van der Waals surface area contributed by atoms with Crippen LogP contribution < -0.4 is 5.32 Å². The Balaban J connectivity index is 2.58. The summed E-state index contributed by atoms with van der Waals surface area (Å²) in [6.07, 6.45) is 3.80. The van der Waals surface area contributed by atoms with Crippen molar-refractivity contribution in [2.24, 2.45) is 5.41 Å². The van der Waals surface area contributed by atoms with Crippen molar-refractivity contribution in [3.63, 3.8) is 0 Å². The van der Waals surface area contributed by atoms with Crippen LogP contribution in [0.4, 0.5) is 0 Å². The van der Waals surface area contributed by atoms with Crippen LogP contribution >= 0.6 is 0 Å². The molecule has 6 heteroatoms. The predicted octanol–water partition coefficient (Wildman–Crippen LogP) is 1.52. The van der Waals surface area contributed by atoms with E-state index in [1.807, 2.05) is 56.8 Å². The molecular formula is C18H30N4O2. The number of pyridine rings is 1. The minimum absolute atomic E-state index is 0.0370. The van der Waals surface area contributed by atoms with E-state index < -0.39 is 5.41 Å². The highest BCUT2D eigenvalue weighted by atomic mass is 16.2. The van der Waals surface area contributed by atoms with Crippen LogP contribution in [0.15, 0.2) is 24.5 Å². The van der Waals surface area contributed by atoms with Gasteiger partial charge in [-0.3, -0.25) is 14.6 Å². The minimum Gasteiger partial charge on any atom is -0.355 e. The van der Waals surface area contributed by atoms with Crippen LogP contribution in [-0.2, 0) is 16.1 Å². The van der Waals surface area contributed by atoms with Crippen molar-refractivity contribution in [2.75, 3.05) is 33.7 Å². The fraction of sp³-hybridized carbons (Fsp3) is 0.611. The van der Waals surface area contributed by atoms with Gasteiger partial charge in [0.25, 0.3) is 0 Å². The first-order valence-electron chi connectivity index (χ1n) is 8.30. The minimum atomic E-state index is -0.441. The zero-order valence-corrected chi connectivity index (χ0v) is 15.5. The third kappa shape index (κ3) is 7.55. The van der Waals surface area contributed by atoms with Crippen LogP contribution in [0.5, 0.6) is 0 Å². The summed E-state index contributed by atoms with van der Waals surface area (Å²) < 4.78 is 0. The molecular weight excluding hydrogens is 304 g/mol.